The van der Waals surface area contributed by atoms with Crippen LogP contribution in [0.4, 0.5) is 5.95 Å². The van der Waals surface area contributed by atoms with Gasteiger partial charge < -0.3 is 0 Å². The van der Waals surface area contributed by atoms with Gasteiger partial charge in [-0.1, -0.05) is 0 Å². The second-order valence-electron chi connectivity index (χ2n) is 3.28. The molecule has 0 fully saturated rings. The van der Waals surface area contributed by atoms with Crippen molar-refractivity contribution in [1.29, 1.82) is 0 Å². The predicted molar refractivity (Wildman–Crippen MR) is 64.7 cm³/mol. The summed E-state index contributed by atoms with van der Waals surface area (Å²) < 4.78 is 0. The number of rotatable bonds is 2. The Morgan fingerprint density at radius 1 is 0.889 bits per heavy atom. The molecule has 0 saturated heterocycles. The third-order valence-corrected chi connectivity index (χ3v) is 2.10. The lowest BCUT2D eigenvalue weighted by atomic mass is 10.5. The van der Waals surface area contributed by atoms with Crippen LogP contribution in [-0.4, -0.2) is 32.1 Å². The molecule has 8 nitrogen and oxygen atoms in total. The van der Waals surface area contributed by atoms with Gasteiger partial charge in [0.05, 0.1) is 0 Å². The number of hydrazine groups is 1. The first-order chi connectivity index (χ1) is 8.93. The van der Waals surface area contributed by atoms with Gasteiger partial charge in [-0.05, 0) is 12.1 Å². The van der Waals surface area contributed by atoms with Crippen LogP contribution in [-0.2, 0) is 0 Å². The summed E-state index contributed by atoms with van der Waals surface area (Å²) in [6, 6.07) is 3.47. The fourth-order valence-electron chi connectivity index (χ4n) is 1.33. The zero-order valence-corrected chi connectivity index (χ0v) is 9.17. The van der Waals surface area contributed by atoms with Crippen LogP contribution in [0.2, 0.25) is 0 Å². The van der Waals surface area contributed by atoms with E-state index in [0.29, 0.717) is 17.6 Å². The van der Waals surface area contributed by atoms with Gasteiger partial charge in [-0.15, -0.1) is 10.2 Å². The molecule has 0 bridgehead atoms. The third kappa shape index (κ3) is 1.98. The van der Waals surface area contributed by atoms with Gasteiger partial charge in [0.15, 0.2) is 5.82 Å². The van der Waals surface area contributed by atoms with Crippen LogP contribution in [0.15, 0.2) is 47.1 Å². The molecular formula is C10H8N8. The molecule has 0 spiro atoms. The van der Waals surface area contributed by atoms with Crippen LogP contribution in [0.3, 0.4) is 0 Å². The first kappa shape index (κ1) is 10.3. The Labute approximate surface area is 102 Å². The van der Waals surface area contributed by atoms with Crippen molar-refractivity contribution in [3.8, 4) is 0 Å². The minimum absolute atomic E-state index is 0.436. The first-order valence-electron chi connectivity index (χ1n) is 5.15. The van der Waals surface area contributed by atoms with Gasteiger partial charge in [0.25, 0.3) is 0 Å². The molecule has 0 aliphatic carbocycles. The highest BCUT2D eigenvalue weighted by Crippen LogP contribution is 2.04. The molecular weight excluding hydrogens is 232 g/mol. The molecule has 0 unspecified atom stereocenters. The number of anilines is 1. The quantitative estimate of drug-likeness (QED) is 0.793. The molecule has 3 heterocycles. The lowest BCUT2D eigenvalue weighted by molar-refractivity contribution is 0.869. The highest BCUT2D eigenvalue weighted by molar-refractivity contribution is 6.00. The average molecular weight is 240 g/mol. The summed E-state index contributed by atoms with van der Waals surface area (Å²) in [4.78, 5) is 16.4. The van der Waals surface area contributed by atoms with Crippen molar-refractivity contribution in [2.24, 2.45) is 10.2 Å². The molecule has 0 radical (unpaired) electrons. The van der Waals surface area contributed by atoms with Crippen LogP contribution in [0.1, 0.15) is 5.82 Å². The molecule has 0 aromatic carbocycles. The number of amidine groups is 1. The molecule has 1 aliphatic heterocycles. The Hall–Kier alpha value is -2.90. The third-order valence-electron chi connectivity index (χ3n) is 2.10. The van der Waals surface area contributed by atoms with Crippen molar-refractivity contribution in [3.05, 3.63) is 42.7 Å². The van der Waals surface area contributed by atoms with Gasteiger partial charge in [-0.2, -0.15) is 0 Å². The Bertz CT molecular complexity index is 579. The molecule has 88 valence electrons. The van der Waals surface area contributed by atoms with Crippen LogP contribution >= 0.6 is 0 Å². The summed E-state index contributed by atoms with van der Waals surface area (Å²) in [5, 5.41) is 9.33. The van der Waals surface area contributed by atoms with Crippen molar-refractivity contribution in [2.45, 2.75) is 0 Å². The van der Waals surface area contributed by atoms with Crippen molar-refractivity contribution in [3.63, 3.8) is 0 Å². The van der Waals surface area contributed by atoms with Crippen molar-refractivity contribution in [2.75, 3.05) is 5.01 Å². The number of nitrogens with one attached hydrogen (secondary N) is 1. The van der Waals surface area contributed by atoms with Crippen LogP contribution in [0.25, 0.3) is 0 Å². The second kappa shape index (κ2) is 4.53. The summed E-state index contributed by atoms with van der Waals surface area (Å²) in [5.41, 5.74) is 2.97. The number of hydrogen-bond acceptors (Lipinski definition) is 8. The van der Waals surface area contributed by atoms with Gasteiger partial charge in [0.2, 0.25) is 11.8 Å². The van der Waals surface area contributed by atoms with E-state index in [1.807, 2.05) is 0 Å². The van der Waals surface area contributed by atoms with Crippen LogP contribution < -0.4 is 10.4 Å². The molecule has 3 rings (SSSR count). The van der Waals surface area contributed by atoms with Crippen LogP contribution in [0.5, 0.6) is 0 Å². The molecule has 2 aromatic heterocycles. The monoisotopic (exact) mass is 240 g/mol. The molecule has 0 atom stereocenters. The SMILES string of the molecule is C1=NN=C(c2ncccn2)NN1c1ncccn1. The maximum atomic E-state index is 4.10. The number of hydrogen-bond donors (Lipinski definition) is 1. The Morgan fingerprint density at radius 3 is 2.28 bits per heavy atom. The summed E-state index contributed by atoms with van der Waals surface area (Å²) in [7, 11) is 0. The Kier molecular flexibility index (Phi) is 2.59. The molecule has 18 heavy (non-hydrogen) atoms. The molecule has 1 N–H and O–H groups in total. The Morgan fingerprint density at radius 2 is 1.56 bits per heavy atom. The Balaban J connectivity index is 1.85. The topological polar surface area (TPSA) is 91.5 Å². The molecule has 0 saturated carbocycles. The summed E-state index contributed by atoms with van der Waals surface area (Å²) in [5.74, 6) is 1.35. The lowest BCUT2D eigenvalue weighted by Gasteiger charge is -2.21. The second-order valence-corrected chi connectivity index (χ2v) is 3.28. The number of nitrogens with zero attached hydrogens (tertiary/aromatic N) is 7. The standard InChI is InChI=1S/C10H8N8/c1-3-11-8(12-4-1)9-16-15-7-18(17-9)10-13-5-2-6-14-10/h1-7H,(H,16,17). The normalized spacial score (nSPS) is 14.0. The fourth-order valence-corrected chi connectivity index (χ4v) is 1.33. The first-order valence-corrected chi connectivity index (χ1v) is 5.15. The van der Waals surface area contributed by atoms with E-state index in [4.69, 9.17) is 0 Å². The van der Waals surface area contributed by atoms with Gasteiger partial charge in [-0.25, -0.2) is 24.9 Å². The minimum atomic E-state index is 0.436. The van der Waals surface area contributed by atoms with E-state index in [1.165, 1.54) is 6.34 Å². The van der Waals surface area contributed by atoms with E-state index in [9.17, 15) is 0 Å². The highest BCUT2D eigenvalue weighted by Gasteiger charge is 2.15. The largest absolute Gasteiger partial charge is 0.269 e. The van der Waals surface area contributed by atoms with Crippen LogP contribution in [0, 0.1) is 0 Å². The van der Waals surface area contributed by atoms with Crippen molar-refractivity contribution in [1.82, 2.24) is 25.4 Å². The maximum Gasteiger partial charge on any atom is 0.250 e. The number of aromatic nitrogens is 4. The summed E-state index contributed by atoms with van der Waals surface area (Å²) in [6.07, 6.45) is 8.02. The average Bonchev–Trinajstić information content (AvgIpc) is 2.49. The van der Waals surface area contributed by atoms with E-state index in [0.717, 1.165) is 0 Å². The molecule has 8 heteroatoms. The van der Waals surface area contributed by atoms with E-state index in [2.05, 4.69) is 35.6 Å². The van der Waals surface area contributed by atoms with Crippen molar-refractivity contribution < 1.29 is 0 Å². The molecule has 0 amide bonds. The lowest BCUT2D eigenvalue weighted by Crippen LogP contribution is -2.45. The highest BCUT2D eigenvalue weighted by atomic mass is 15.6. The smallest absolute Gasteiger partial charge is 0.250 e. The molecule has 2 aromatic rings. The van der Waals surface area contributed by atoms with Gasteiger partial charge in [0, 0.05) is 24.8 Å². The van der Waals surface area contributed by atoms with Gasteiger partial charge in [-0.3, -0.25) is 5.43 Å². The summed E-state index contributed by atoms with van der Waals surface area (Å²) in [6.45, 7) is 0. The van der Waals surface area contributed by atoms with E-state index in [1.54, 1.807) is 41.9 Å². The summed E-state index contributed by atoms with van der Waals surface area (Å²) >= 11 is 0. The molecule has 1 aliphatic rings. The zero-order chi connectivity index (χ0) is 12.2. The van der Waals surface area contributed by atoms with E-state index in [-0.39, 0.29) is 0 Å². The predicted octanol–water partition coefficient (Wildman–Crippen LogP) is -0.0187. The maximum absolute atomic E-state index is 4.10. The van der Waals surface area contributed by atoms with Crippen molar-refractivity contribution >= 4 is 18.1 Å². The fraction of sp³-hybridized carbons (Fsp3) is 0. The van der Waals surface area contributed by atoms with Gasteiger partial charge in [0.1, 0.15) is 6.34 Å². The van der Waals surface area contributed by atoms with E-state index >= 15 is 0 Å². The van der Waals surface area contributed by atoms with Gasteiger partial charge >= 0.3 is 0 Å². The van der Waals surface area contributed by atoms with E-state index < -0.39 is 0 Å². The minimum Gasteiger partial charge on any atom is -0.269 e. The zero-order valence-electron chi connectivity index (χ0n) is 9.17.